The Morgan fingerprint density at radius 3 is 2.81 bits per heavy atom. The van der Waals surface area contributed by atoms with Crippen LogP contribution < -0.4 is 0 Å². The molecule has 110 valence electrons. The zero-order valence-electron chi connectivity index (χ0n) is 11.7. The Morgan fingerprint density at radius 1 is 1.38 bits per heavy atom. The molecule has 0 spiro atoms. The number of halogens is 1. The molecule has 1 fully saturated rings. The zero-order valence-corrected chi connectivity index (χ0v) is 13.3. The number of carbonyl (C=O) groups is 1. The number of hydrogen-bond acceptors (Lipinski definition) is 3. The van der Waals surface area contributed by atoms with Crippen LogP contribution in [-0.2, 0) is 7.05 Å². The molecular formula is C15H16ClN3OS. The van der Waals surface area contributed by atoms with Gasteiger partial charge in [-0.05, 0) is 17.7 Å². The number of thioether (sulfide) groups is 1. The van der Waals surface area contributed by atoms with Crippen molar-refractivity contribution in [1.29, 1.82) is 0 Å². The van der Waals surface area contributed by atoms with Gasteiger partial charge in [-0.25, -0.2) is 4.98 Å². The van der Waals surface area contributed by atoms with Crippen LogP contribution in [0.4, 0.5) is 0 Å². The predicted molar refractivity (Wildman–Crippen MR) is 85.8 cm³/mol. The number of hydrogen-bond donors (Lipinski definition) is 0. The number of amides is 1. The van der Waals surface area contributed by atoms with E-state index in [0.29, 0.717) is 10.7 Å². The van der Waals surface area contributed by atoms with E-state index in [1.165, 1.54) is 0 Å². The fraction of sp³-hybridized carbons (Fsp3) is 0.333. The number of rotatable bonds is 2. The Balaban J connectivity index is 1.87. The number of benzene rings is 1. The second-order valence-electron chi connectivity index (χ2n) is 5.07. The highest BCUT2D eigenvalue weighted by Gasteiger charge is 2.29. The maximum Gasteiger partial charge on any atom is 0.274 e. The van der Waals surface area contributed by atoms with Gasteiger partial charge in [0.1, 0.15) is 5.69 Å². The van der Waals surface area contributed by atoms with Crippen LogP contribution in [0.2, 0.25) is 5.02 Å². The van der Waals surface area contributed by atoms with Gasteiger partial charge >= 0.3 is 0 Å². The SMILES string of the molecule is Cn1cnc(C(=O)N2CCSCC2c2ccc(Cl)cc2)c1. The highest BCUT2D eigenvalue weighted by molar-refractivity contribution is 7.99. The summed E-state index contributed by atoms with van der Waals surface area (Å²) in [6.07, 6.45) is 3.42. The van der Waals surface area contributed by atoms with E-state index >= 15 is 0 Å². The molecule has 2 aromatic rings. The van der Waals surface area contributed by atoms with Gasteiger partial charge in [0.15, 0.2) is 0 Å². The van der Waals surface area contributed by atoms with Gasteiger partial charge in [-0.15, -0.1) is 0 Å². The average molecular weight is 322 g/mol. The smallest absolute Gasteiger partial charge is 0.274 e. The molecule has 0 aliphatic carbocycles. The number of carbonyl (C=O) groups excluding carboxylic acids is 1. The standard InChI is InChI=1S/C15H16ClN3OS/c1-18-8-13(17-10-18)15(20)19-6-7-21-9-14(19)11-2-4-12(16)5-3-11/h2-5,8,10,14H,6-7,9H2,1H3. The Kier molecular flexibility index (Phi) is 4.22. The van der Waals surface area contributed by atoms with Crippen molar-refractivity contribution in [2.24, 2.45) is 7.05 Å². The minimum absolute atomic E-state index is 0.00384. The van der Waals surface area contributed by atoms with Crippen molar-refractivity contribution in [3.05, 3.63) is 53.1 Å². The van der Waals surface area contributed by atoms with Crippen LogP contribution in [0.1, 0.15) is 22.1 Å². The molecule has 1 saturated heterocycles. The molecule has 1 unspecified atom stereocenters. The first-order valence-corrected chi connectivity index (χ1v) is 8.30. The van der Waals surface area contributed by atoms with Crippen molar-refractivity contribution in [2.75, 3.05) is 18.1 Å². The maximum absolute atomic E-state index is 12.7. The summed E-state index contributed by atoms with van der Waals surface area (Å²) in [7, 11) is 1.87. The number of imidazole rings is 1. The third-order valence-corrected chi connectivity index (χ3v) is 4.84. The molecule has 0 N–H and O–H groups in total. The van der Waals surface area contributed by atoms with Gasteiger partial charge in [0, 0.05) is 36.3 Å². The van der Waals surface area contributed by atoms with Crippen molar-refractivity contribution in [2.45, 2.75) is 6.04 Å². The van der Waals surface area contributed by atoms with Crippen molar-refractivity contribution in [3.63, 3.8) is 0 Å². The first-order valence-electron chi connectivity index (χ1n) is 6.77. The summed E-state index contributed by atoms with van der Waals surface area (Å²) in [5.41, 5.74) is 1.62. The van der Waals surface area contributed by atoms with Crippen LogP contribution in [0.25, 0.3) is 0 Å². The van der Waals surface area contributed by atoms with Crippen LogP contribution in [0.5, 0.6) is 0 Å². The largest absolute Gasteiger partial charge is 0.340 e. The molecule has 21 heavy (non-hydrogen) atoms. The molecule has 4 nitrogen and oxygen atoms in total. The lowest BCUT2D eigenvalue weighted by Gasteiger charge is -2.35. The quantitative estimate of drug-likeness (QED) is 0.853. The molecule has 0 bridgehead atoms. The molecule has 2 heterocycles. The molecule has 1 atom stereocenters. The molecule has 0 saturated carbocycles. The van der Waals surface area contributed by atoms with Gasteiger partial charge in [-0.3, -0.25) is 4.79 Å². The Labute approximate surface area is 133 Å². The van der Waals surface area contributed by atoms with Gasteiger partial charge in [0.2, 0.25) is 0 Å². The molecule has 6 heteroatoms. The van der Waals surface area contributed by atoms with Gasteiger partial charge in [0.25, 0.3) is 5.91 Å². The summed E-state index contributed by atoms with van der Waals surface area (Å²) in [6, 6.07) is 7.82. The second-order valence-corrected chi connectivity index (χ2v) is 6.65. The third kappa shape index (κ3) is 3.09. The Morgan fingerprint density at radius 2 is 2.14 bits per heavy atom. The van der Waals surface area contributed by atoms with Gasteiger partial charge in [-0.2, -0.15) is 11.8 Å². The van der Waals surface area contributed by atoms with Crippen LogP contribution in [-0.4, -0.2) is 38.4 Å². The minimum Gasteiger partial charge on any atom is -0.340 e. The number of aromatic nitrogens is 2. The lowest BCUT2D eigenvalue weighted by atomic mass is 10.1. The topological polar surface area (TPSA) is 38.1 Å². The van der Waals surface area contributed by atoms with Crippen molar-refractivity contribution < 1.29 is 4.79 Å². The van der Waals surface area contributed by atoms with Gasteiger partial charge in [-0.1, -0.05) is 23.7 Å². The van der Waals surface area contributed by atoms with E-state index in [2.05, 4.69) is 4.98 Å². The first kappa shape index (κ1) is 14.5. The van der Waals surface area contributed by atoms with Crippen LogP contribution in [0.15, 0.2) is 36.8 Å². The fourth-order valence-electron chi connectivity index (χ4n) is 2.48. The first-order chi connectivity index (χ1) is 10.1. The minimum atomic E-state index is -0.00384. The summed E-state index contributed by atoms with van der Waals surface area (Å²) < 4.78 is 1.79. The maximum atomic E-state index is 12.7. The molecule has 3 rings (SSSR count). The Bertz CT molecular complexity index is 641. The van der Waals surface area contributed by atoms with E-state index in [0.717, 1.165) is 23.6 Å². The molecule has 1 aromatic carbocycles. The monoisotopic (exact) mass is 321 g/mol. The third-order valence-electron chi connectivity index (χ3n) is 3.57. The lowest BCUT2D eigenvalue weighted by Crippen LogP contribution is -2.40. The molecule has 0 radical (unpaired) electrons. The van der Waals surface area contributed by atoms with E-state index in [1.807, 2.05) is 48.0 Å². The summed E-state index contributed by atoms with van der Waals surface area (Å²) >= 11 is 7.82. The van der Waals surface area contributed by atoms with Crippen LogP contribution >= 0.6 is 23.4 Å². The summed E-state index contributed by atoms with van der Waals surface area (Å²) in [5.74, 6) is 1.86. The van der Waals surface area contributed by atoms with Crippen molar-refractivity contribution in [1.82, 2.24) is 14.5 Å². The zero-order chi connectivity index (χ0) is 14.8. The lowest BCUT2D eigenvalue weighted by molar-refractivity contribution is 0.0696. The fourth-order valence-corrected chi connectivity index (χ4v) is 3.69. The Hall–Kier alpha value is -1.46. The predicted octanol–water partition coefficient (Wildman–Crippen LogP) is 3.00. The number of nitrogens with zero attached hydrogens (tertiary/aromatic N) is 3. The average Bonchev–Trinajstić information content (AvgIpc) is 2.94. The summed E-state index contributed by atoms with van der Waals surface area (Å²) in [4.78, 5) is 18.8. The molecule has 1 aliphatic rings. The molecule has 1 aromatic heterocycles. The van der Waals surface area contributed by atoms with Crippen molar-refractivity contribution in [3.8, 4) is 0 Å². The van der Waals surface area contributed by atoms with E-state index in [-0.39, 0.29) is 11.9 Å². The van der Waals surface area contributed by atoms with E-state index in [9.17, 15) is 4.79 Å². The van der Waals surface area contributed by atoms with Crippen LogP contribution in [0.3, 0.4) is 0 Å². The van der Waals surface area contributed by atoms with Gasteiger partial charge in [0.05, 0.1) is 12.4 Å². The number of aryl methyl sites for hydroxylation is 1. The molecule has 1 amide bonds. The van der Waals surface area contributed by atoms with Gasteiger partial charge < -0.3 is 9.47 Å². The van der Waals surface area contributed by atoms with E-state index < -0.39 is 0 Å². The molecule has 1 aliphatic heterocycles. The second kappa shape index (κ2) is 6.12. The van der Waals surface area contributed by atoms with Crippen molar-refractivity contribution >= 4 is 29.3 Å². The highest BCUT2D eigenvalue weighted by atomic mass is 35.5. The van der Waals surface area contributed by atoms with E-state index in [4.69, 9.17) is 11.6 Å². The highest BCUT2D eigenvalue weighted by Crippen LogP contribution is 2.31. The van der Waals surface area contributed by atoms with Crippen LogP contribution in [0, 0.1) is 0 Å². The summed E-state index contributed by atoms with van der Waals surface area (Å²) in [6.45, 7) is 0.743. The normalized spacial score (nSPS) is 18.8. The van der Waals surface area contributed by atoms with E-state index in [1.54, 1.807) is 17.1 Å². The molecular weight excluding hydrogens is 306 g/mol. The summed E-state index contributed by atoms with van der Waals surface area (Å²) in [5, 5.41) is 0.713.